The first-order chi connectivity index (χ1) is 13.7. The van der Waals surface area contributed by atoms with E-state index in [1.54, 1.807) is 0 Å². The lowest BCUT2D eigenvalue weighted by molar-refractivity contribution is -0.384. The zero-order chi connectivity index (χ0) is 21.2. The number of benzene rings is 2. The topological polar surface area (TPSA) is 125 Å². The maximum Gasteiger partial charge on any atom is 0.326 e. The van der Waals surface area contributed by atoms with Crippen molar-refractivity contribution in [2.45, 2.75) is 4.90 Å². The summed E-state index contributed by atoms with van der Waals surface area (Å²) in [6.45, 7) is -0.163. The zero-order valence-corrected chi connectivity index (χ0v) is 16.6. The van der Waals surface area contributed by atoms with E-state index in [0.717, 1.165) is 19.2 Å². The van der Waals surface area contributed by atoms with Crippen LogP contribution in [0.3, 0.4) is 0 Å². The Kier molecular flexibility index (Phi) is 5.80. The van der Waals surface area contributed by atoms with Gasteiger partial charge < -0.3 is 14.2 Å². The number of halogens is 1. The highest BCUT2D eigenvalue weighted by molar-refractivity contribution is 7.92. The number of carbonyl (C=O) groups is 1. The van der Waals surface area contributed by atoms with E-state index >= 15 is 0 Å². The average Bonchev–Trinajstić information content (AvgIpc) is 2.71. The molecule has 0 amide bonds. The predicted molar refractivity (Wildman–Crippen MR) is 102 cm³/mol. The van der Waals surface area contributed by atoms with Crippen LogP contribution in [0.4, 0.5) is 11.4 Å². The first-order valence-corrected chi connectivity index (χ1v) is 9.99. The summed E-state index contributed by atoms with van der Waals surface area (Å²) in [7, 11) is -3.28. The van der Waals surface area contributed by atoms with Crippen LogP contribution in [-0.2, 0) is 19.6 Å². The highest BCUT2D eigenvalue weighted by Gasteiger charge is 2.31. The smallest absolute Gasteiger partial charge is 0.326 e. The lowest BCUT2D eigenvalue weighted by atomic mass is 10.3. The van der Waals surface area contributed by atoms with Gasteiger partial charge in [-0.15, -0.1) is 0 Å². The molecule has 0 aliphatic carbocycles. The summed E-state index contributed by atoms with van der Waals surface area (Å²) in [5.74, 6) is -0.280. The van der Waals surface area contributed by atoms with Gasteiger partial charge in [-0.1, -0.05) is 11.6 Å². The minimum Gasteiger partial charge on any atom is -0.486 e. The Hall–Kier alpha value is -3.05. The Bertz CT molecular complexity index is 1070. The fourth-order valence-corrected chi connectivity index (χ4v) is 4.30. The number of nitrogens with zero attached hydrogens (tertiary/aromatic N) is 2. The Balaban J connectivity index is 2.13. The first kappa shape index (κ1) is 20.7. The van der Waals surface area contributed by atoms with Crippen LogP contribution in [0.2, 0.25) is 5.02 Å². The molecule has 0 N–H and O–H groups in total. The van der Waals surface area contributed by atoms with Crippen molar-refractivity contribution in [1.82, 2.24) is 0 Å². The van der Waals surface area contributed by atoms with Crippen LogP contribution in [0.1, 0.15) is 0 Å². The first-order valence-electron chi connectivity index (χ1n) is 8.17. The van der Waals surface area contributed by atoms with E-state index < -0.39 is 33.1 Å². The van der Waals surface area contributed by atoms with Crippen LogP contribution in [0.25, 0.3) is 0 Å². The molecule has 10 nitrogen and oxygen atoms in total. The number of esters is 1. The van der Waals surface area contributed by atoms with Gasteiger partial charge in [0.2, 0.25) is 0 Å². The van der Waals surface area contributed by atoms with Crippen molar-refractivity contribution in [2.75, 3.05) is 31.2 Å². The third kappa shape index (κ3) is 4.20. The van der Waals surface area contributed by atoms with E-state index in [-0.39, 0.29) is 28.0 Å². The van der Waals surface area contributed by atoms with Gasteiger partial charge in [-0.3, -0.25) is 19.2 Å². The van der Waals surface area contributed by atoms with Crippen LogP contribution < -0.4 is 13.8 Å². The Morgan fingerprint density at radius 3 is 2.55 bits per heavy atom. The van der Waals surface area contributed by atoms with Gasteiger partial charge in [0, 0.05) is 18.2 Å². The number of methoxy groups -OCH3 is 1. The Labute approximate surface area is 170 Å². The molecule has 2 aromatic carbocycles. The van der Waals surface area contributed by atoms with Crippen molar-refractivity contribution < 1.29 is 32.3 Å². The van der Waals surface area contributed by atoms with Gasteiger partial charge in [-0.25, -0.2) is 8.42 Å². The number of nitro groups is 1. The molecule has 0 aromatic heterocycles. The number of nitro benzene ring substituents is 1. The van der Waals surface area contributed by atoms with E-state index in [0.29, 0.717) is 16.7 Å². The van der Waals surface area contributed by atoms with Crippen molar-refractivity contribution in [3.8, 4) is 11.5 Å². The van der Waals surface area contributed by atoms with Gasteiger partial charge in [0.15, 0.2) is 11.5 Å². The van der Waals surface area contributed by atoms with Crippen LogP contribution >= 0.6 is 11.6 Å². The molecule has 1 aliphatic heterocycles. The predicted octanol–water partition coefficient (Wildman–Crippen LogP) is 2.39. The molecule has 3 rings (SSSR count). The van der Waals surface area contributed by atoms with E-state index in [1.807, 2.05) is 0 Å². The van der Waals surface area contributed by atoms with E-state index in [2.05, 4.69) is 4.74 Å². The number of fused-ring (bicyclic) bond motifs is 1. The quantitative estimate of drug-likeness (QED) is 0.379. The molecule has 0 atom stereocenters. The normalized spacial score (nSPS) is 12.9. The maximum absolute atomic E-state index is 13.3. The highest BCUT2D eigenvalue weighted by Crippen LogP contribution is 2.37. The maximum atomic E-state index is 13.3. The van der Waals surface area contributed by atoms with Gasteiger partial charge in [0.1, 0.15) is 19.8 Å². The van der Waals surface area contributed by atoms with Crippen LogP contribution in [0.15, 0.2) is 41.3 Å². The number of hydrogen-bond donors (Lipinski definition) is 0. The molecule has 29 heavy (non-hydrogen) atoms. The van der Waals surface area contributed by atoms with Gasteiger partial charge in [0.25, 0.3) is 15.7 Å². The molecular formula is C17H15ClN2O8S. The van der Waals surface area contributed by atoms with Crippen molar-refractivity contribution in [3.63, 3.8) is 0 Å². The van der Waals surface area contributed by atoms with Gasteiger partial charge in [-0.2, -0.15) is 0 Å². The second-order valence-corrected chi connectivity index (χ2v) is 8.06. The largest absolute Gasteiger partial charge is 0.486 e. The standard InChI is InChI=1S/C17H15ClN2O8S/c1-26-17(21)10-19(14-8-11(20(22)23)2-4-13(14)18)29(24,25)12-3-5-15-16(9-12)28-7-6-27-15/h2-5,8-9H,6-7,10H2,1H3. The van der Waals surface area contributed by atoms with Gasteiger partial charge in [0.05, 0.1) is 27.6 Å². The second-order valence-electron chi connectivity index (χ2n) is 5.79. The highest BCUT2D eigenvalue weighted by atomic mass is 35.5. The molecule has 0 saturated carbocycles. The minimum absolute atomic E-state index is 0.0966. The summed E-state index contributed by atoms with van der Waals surface area (Å²) >= 11 is 6.11. The number of rotatable bonds is 6. The summed E-state index contributed by atoms with van der Waals surface area (Å²) in [5.41, 5.74) is -0.627. The molecule has 0 bridgehead atoms. The van der Waals surface area contributed by atoms with Crippen molar-refractivity contribution in [3.05, 3.63) is 51.5 Å². The van der Waals surface area contributed by atoms with Crippen LogP contribution in [-0.4, -0.2) is 46.2 Å². The fraction of sp³-hybridized carbons (Fsp3) is 0.235. The summed E-state index contributed by atoms with van der Waals surface area (Å²) in [5, 5.41) is 11.0. The van der Waals surface area contributed by atoms with E-state index in [4.69, 9.17) is 21.1 Å². The number of carbonyl (C=O) groups excluding carboxylic acids is 1. The van der Waals surface area contributed by atoms with E-state index in [1.165, 1.54) is 24.3 Å². The molecule has 0 fully saturated rings. The average molecular weight is 443 g/mol. The molecule has 2 aromatic rings. The van der Waals surface area contributed by atoms with Gasteiger partial charge >= 0.3 is 5.97 Å². The monoisotopic (exact) mass is 442 g/mol. The molecular weight excluding hydrogens is 428 g/mol. The summed E-state index contributed by atoms with van der Waals surface area (Å²) in [6, 6.07) is 7.23. The molecule has 0 unspecified atom stereocenters. The van der Waals surface area contributed by atoms with E-state index in [9.17, 15) is 23.3 Å². The molecule has 12 heteroatoms. The molecule has 1 aliphatic rings. The van der Waals surface area contributed by atoms with Crippen molar-refractivity contribution >= 4 is 39.0 Å². The lowest BCUT2D eigenvalue weighted by Gasteiger charge is -2.25. The van der Waals surface area contributed by atoms with Crippen molar-refractivity contribution in [1.29, 1.82) is 0 Å². The Morgan fingerprint density at radius 2 is 1.90 bits per heavy atom. The number of anilines is 1. The zero-order valence-electron chi connectivity index (χ0n) is 15.0. The number of hydrogen-bond acceptors (Lipinski definition) is 8. The number of non-ortho nitro benzene ring substituents is 1. The fourth-order valence-electron chi connectivity index (χ4n) is 2.60. The summed E-state index contributed by atoms with van der Waals surface area (Å²) in [4.78, 5) is 22.1. The third-order valence-corrected chi connectivity index (χ3v) is 6.09. The van der Waals surface area contributed by atoms with Crippen LogP contribution in [0.5, 0.6) is 11.5 Å². The summed E-state index contributed by atoms with van der Waals surface area (Å²) < 4.78 is 42.6. The Morgan fingerprint density at radius 1 is 1.21 bits per heavy atom. The van der Waals surface area contributed by atoms with Gasteiger partial charge in [-0.05, 0) is 18.2 Å². The van der Waals surface area contributed by atoms with Crippen molar-refractivity contribution in [2.24, 2.45) is 0 Å². The molecule has 154 valence electrons. The molecule has 0 saturated heterocycles. The minimum atomic E-state index is -4.37. The molecule has 0 spiro atoms. The second kappa shape index (κ2) is 8.13. The lowest BCUT2D eigenvalue weighted by Crippen LogP contribution is -2.36. The number of sulfonamides is 1. The molecule has 0 radical (unpaired) electrons. The SMILES string of the molecule is COC(=O)CN(c1cc([N+](=O)[O-])ccc1Cl)S(=O)(=O)c1ccc2c(c1)OCCO2. The summed E-state index contributed by atoms with van der Waals surface area (Å²) in [6.07, 6.45) is 0. The third-order valence-electron chi connectivity index (χ3n) is 4.01. The number of ether oxygens (including phenoxy) is 3. The van der Waals surface area contributed by atoms with Crippen LogP contribution in [0, 0.1) is 10.1 Å². The molecule has 1 heterocycles.